The molecule has 134 valence electrons. The maximum absolute atomic E-state index is 5.88. The van der Waals surface area contributed by atoms with Gasteiger partial charge < -0.3 is 19.4 Å². The molecule has 0 bridgehead atoms. The number of rotatable bonds is 5. The highest BCUT2D eigenvalue weighted by Gasteiger charge is 2.21. The Kier molecular flexibility index (Phi) is 4.61. The number of fused-ring (bicyclic) bond motifs is 2. The number of aryl methyl sites for hydroxylation is 1. The quantitative estimate of drug-likeness (QED) is 0.905. The molecular weight excluding hydrogens is 316 g/mol. The van der Waals surface area contributed by atoms with Crippen LogP contribution in [0, 0.1) is 0 Å². The van der Waals surface area contributed by atoms with E-state index in [9.17, 15) is 0 Å². The molecule has 0 saturated carbocycles. The molecule has 1 atom stereocenters. The van der Waals surface area contributed by atoms with E-state index in [4.69, 9.17) is 9.47 Å². The average molecular weight is 342 g/mol. The smallest absolute Gasteiger partial charge is 0.147 e. The maximum atomic E-state index is 5.88. The lowest BCUT2D eigenvalue weighted by Gasteiger charge is -2.12. The monoisotopic (exact) mass is 342 g/mol. The fraction of sp³-hybridized carbons (Fsp3) is 0.579. The molecule has 1 unspecified atom stereocenters. The van der Waals surface area contributed by atoms with E-state index in [0.29, 0.717) is 6.54 Å². The van der Waals surface area contributed by atoms with Gasteiger partial charge in [0, 0.05) is 37.1 Å². The molecule has 25 heavy (non-hydrogen) atoms. The molecule has 1 aromatic heterocycles. The van der Waals surface area contributed by atoms with E-state index >= 15 is 0 Å². The van der Waals surface area contributed by atoms with Crippen LogP contribution < -0.4 is 14.8 Å². The summed E-state index contributed by atoms with van der Waals surface area (Å²) in [5.74, 6) is 4.07. The number of nitrogens with one attached hydrogen (secondary N) is 1. The second-order valence-electron chi connectivity index (χ2n) is 7.00. The Bertz CT molecular complexity index is 756. The first-order valence-corrected chi connectivity index (χ1v) is 9.22. The number of ether oxygens (including phenoxy) is 2. The van der Waals surface area contributed by atoms with Crippen LogP contribution >= 0.6 is 0 Å². The average Bonchev–Trinajstić information content (AvgIpc) is 3.07. The molecule has 6 nitrogen and oxygen atoms in total. The molecule has 0 amide bonds. The molecule has 0 fully saturated rings. The summed E-state index contributed by atoms with van der Waals surface area (Å²) in [6.07, 6.45) is 5.95. The Morgan fingerprint density at radius 1 is 1.24 bits per heavy atom. The van der Waals surface area contributed by atoms with Crippen LogP contribution in [0.15, 0.2) is 12.1 Å². The summed E-state index contributed by atoms with van der Waals surface area (Å²) in [6.45, 7) is 4.57. The lowest BCUT2D eigenvalue weighted by molar-refractivity contribution is 0.254. The van der Waals surface area contributed by atoms with Gasteiger partial charge in [-0.1, -0.05) is 6.42 Å². The van der Waals surface area contributed by atoms with Crippen molar-refractivity contribution >= 4 is 0 Å². The van der Waals surface area contributed by atoms with Crippen molar-refractivity contribution < 1.29 is 9.47 Å². The van der Waals surface area contributed by atoms with Crippen molar-refractivity contribution in [3.05, 3.63) is 34.9 Å². The van der Waals surface area contributed by atoms with Gasteiger partial charge in [0.15, 0.2) is 0 Å². The summed E-state index contributed by atoms with van der Waals surface area (Å²) >= 11 is 0. The lowest BCUT2D eigenvalue weighted by atomic mass is 10.1. The summed E-state index contributed by atoms with van der Waals surface area (Å²) in [5, 5.41) is 12.2. The molecule has 4 rings (SSSR count). The van der Waals surface area contributed by atoms with Crippen molar-refractivity contribution in [3.63, 3.8) is 0 Å². The first-order chi connectivity index (χ1) is 12.2. The third-order valence-corrected chi connectivity index (χ3v) is 5.08. The van der Waals surface area contributed by atoms with E-state index < -0.39 is 0 Å². The minimum Gasteiger partial charge on any atom is -0.496 e. The van der Waals surface area contributed by atoms with Crippen molar-refractivity contribution in [2.24, 2.45) is 0 Å². The van der Waals surface area contributed by atoms with Crippen LogP contribution in [0.2, 0.25) is 0 Å². The van der Waals surface area contributed by atoms with Gasteiger partial charge in [0.2, 0.25) is 0 Å². The Hall–Kier alpha value is -2.08. The van der Waals surface area contributed by atoms with Gasteiger partial charge in [-0.05, 0) is 31.9 Å². The van der Waals surface area contributed by atoms with Crippen LogP contribution in [-0.4, -0.2) is 28.0 Å². The van der Waals surface area contributed by atoms with Crippen molar-refractivity contribution in [3.8, 4) is 11.5 Å². The van der Waals surface area contributed by atoms with Gasteiger partial charge in [-0.3, -0.25) is 0 Å². The van der Waals surface area contributed by atoms with Crippen LogP contribution in [0.25, 0.3) is 0 Å². The second-order valence-corrected chi connectivity index (χ2v) is 7.00. The van der Waals surface area contributed by atoms with Crippen LogP contribution in [-0.2, 0) is 32.5 Å². The highest BCUT2D eigenvalue weighted by molar-refractivity contribution is 5.48. The Morgan fingerprint density at radius 3 is 3.04 bits per heavy atom. The summed E-state index contributed by atoms with van der Waals surface area (Å²) in [7, 11) is 1.73. The van der Waals surface area contributed by atoms with Gasteiger partial charge >= 0.3 is 0 Å². The SMILES string of the molecule is COc1cc2c(cc1CNCc1nnc3n1CCCCC3)OC(C)C2. The number of methoxy groups -OCH3 is 1. The fourth-order valence-corrected chi connectivity index (χ4v) is 3.79. The predicted octanol–water partition coefficient (Wildman–Crippen LogP) is 2.63. The van der Waals surface area contributed by atoms with E-state index in [1.54, 1.807) is 7.11 Å². The Balaban J connectivity index is 1.44. The third kappa shape index (κ3) is 3.35. The van der Waals surface area contributed by atoms with E-state index in [1.807, 2.05) is 0 Å². The minimum absolute atomic E-state index is 0.245. The summed E-state index contributed by atoms with van der Waals surface area (Å²) in [5.41, 5.74) is 2.35. The molecule has 1 aromatic carbocycles. The molecule has 3 heterocycles. The van der Waals surface area contributed by atoms with E-state index in [0.717, 1.165) is 54.6 Å². The van der Waals surface area contributed by atoms with Crippen molar-refractivity contribution in [2.75, 3.05) is 7.11 Å². The Labute approximate surface area is 148 Å². The summed E-state index contributed by atoms with van der Waals surface area (Å²) < 4.78 is 13.7. The predicted molar refractivity (Wildman–Crippen MR) is 94.9 cm³/mol. The van der Waals surface area contributed by atoms with Crippen LogP contribution in [0.3, 0.4) is 0 Å². The standard InChI is InChI=1S/C19H26N4O2/c1-13-8-14-9-16(24-2)15(10-17(14)25-13)11-20-12-19-22-21-18-6-4-3-5-7-23(18)19/h9-10,13,20H,3-8,11-12H2,1-2H3. The van der Waals surface area contributed by atoms with Gasteiger partial charge in [-0.2, -0.15) is 0 Å². The molecule has 0 radical (unpaired) electrons. The van der Waals surface area contributed by atoms with Crippen LogP contribution in [0.5, 0.6) is 11.5 Å². The minimum atomic E-state index is 0.245. The second kappa shape index (κ2) is 7.04. The van der Waals surface area contributed by atoms with Crippen molar-refractivity contribution in [1.82, 2.24) is 20.1 Å². The van der Waals surface area contributed by atoms with E-state index in [2.05, 4.69) is 39.1 Å². The van der Waals surface area contributed by atoms with Crippen molar-refractivity contribution in [1.29, 1.82) is 0 Å². The van der Waals surface area contributed by atoms with Gasteiger partial charge in [-0.25, -0.2) is 0 Å². The highest BCUT2D eigenvalue weighted by Crippen LogP contribution is 2.34. The normalized spacial score (nSPS) is 19.0. The number of aromatic nitrogens is 3. The largest absolute Gasteiger partial charge is 0.496 e. The van der Waals surface area contributed by atoms with E-state index in [1.165, 1.54) is 24.8 Å². The molecule has 6 heteroatoms. The number of nitrogens with zero attached hydrogens (tertiary/aromatic N) is 3. The maximum Gasteiger partial charge on any atom is 0.147 e. The van der Waals surface area contributed by atoms with Crippen LogP contribution in [0.1, 0.15) is 49.0 Å². The molecule has 0 aliphatic carbocycles. The molecule has 1 N–H and O–H groups in total. The zero-order chi connectivity index (χ0) is 17.2. The molecule has 2 aliphatic heterocycles. The molecule has 0 spiro atoms. The zero-order valence-electron chi connectivity index (χ0n) is 15.0. The topological polar surface area (TPSA) is 61.2 Å². The summed E-state index contributed by atoms with van der Waals surface area (Å²) in [4.78, 5) is 0. The molecular formula is C19H26N4O2. The highest BCUT2D eigenvalue weighted by atomic mass is 16.5. The zero-order valence-corrected chi connectivity index (χ0v) is 15.0. The molecule has 2 aliphatic rings. The fourth-order valence-electron chi connectivity index (χ4n) is 3.79. The first kappa shape index (κ1) is 16.4. The van der Waals surface area contributed by atoms with Gasteiger partial charge in [-0.15, -0.1) is 10.2 Å². The van der Waals surface area contributed by atoms with Gasteiger partial charge in [0.1, 0.15) is 29.3 Å². The van der Waals surface area contributed by atoms with Gasteiger partial charge in [0.25, 0.3) is 0 Å². The number of hydrogen-bond acceptors (Lipinski definition) is 5. The molecule has 0 saturated heterocycles. The Morgan fingerprint density at radius 2 is 2.16 bits per heavy atom. The lowest BCUT2D eigenvalue weighted by Crippen LogP contribution is -2.18. The number of hydrogen-bond donors (Lipinski definition) is 1. The molecule has 2 aromatic rings. The van der Waals surface area contributed by atoms with Crippen molar-refractivity contribution in [2.45, 2.75) is 64.8 Å². The first-order valence-electron chi connectivity index (χ1n) is 9.22. The van der Waals surface area contributed by atoms with E-state index in [-0.39, 0.29) is 6.10 Å². The third-order valence-electron chi connectivity index (χ3n) is 5.08. The summed E-state index contributed by atoms with van der Waals surface area (Å²) in [6, 6.07) is 4.22. The van der Waals surface area contributed by atoms with Crippen LogP contribution in [0.4, 0.5) is 0 Å². The number of benzene rings is 1. The van der Waals surface area contributed by atoms with Gasteiger partial charge in [0.05, 0.1) is 13.7 Å².